The van der Waals surface area contributed by atoms with Gasteiger partial charge in [-0.2, -0.15) is 11.8 Å². The molecular formula is C13H17ClN2O3S. The van der Waals surface area contributed by atoms with Crippen molar-refractivity contribution >= 4 is 41.1 Å². The lowest BCUT2D eigenvalue weighted by molar-refractivity contribution is -0.135. The quantitative estimate of drug-likeness (QED) is 0.846. The number of anilines is 1. The Morgan fingerprint density at radius 3 is 2.50 bits per heavy atom. The van der Waals surface area contributed by atoms with Gasteiger partial charge in [0.05, 0.1) is 0 Å². The fraction of sp³-hybridized carbons (Fsp3) is 0.385. The van der Waals surface area contributed by atoms with E-state index >= 15 is 0 Å². The van der Waals surface area contributed by atoms with Crippen LogP contribution in [-0.4, -0.2) is 41.7 Å². The van der Waals surface area contributed by atoms with Gasteiger partial charge in [0, 0.05) is 22.5 Å². The van der Waals surface area contributed by atoms with Crippen LogP contribution in [0.2, 0.25) is 5.02 Å². The maximum absolute atomic E-state index is 12.2. The Bertz CT molecular complexity index is 467. The molecule has 0 heterocycles. The molecule has 2 N–H and O–H groups in total. The van der Waals surface area contributed by atoms with E-state index in [0.717, 1.165) is 5.75 Å². The van der Waals surface area contributed by atoms with Crippen molar-refractivity contribution in [3.8, 4) is 0 Å². The van der Waals surface area contributed by atoms with Crippen LogP contribution in [0, 0.1) is 0 Å². The first-order chi connectivity index (χ1) is 9.43. The SMILES string of the molecule is CSCC(C)NC(=O)N(CC(=O)O)c1ccc(Cl)cc1. The number of carboxylic acids is 1. The van der Waals surface area contributed by atoms with Crippen LogP contribution in [0.4, 0.5) is 10.5 Å². The molecule has 1 aromatic carbocycles. The molecule has 0 fully saturated rings. The van der Waals surface area contributed by atoms with Crippen LogP contribution in [0.25, 0.3) is 0 Å². The highest BCUT2D eigenvalue weighted by molar-refractivity contribution is 7.98. The molecule has 0 bridgehead atoms. The van der Waals surface area contributed by atoms with E-state index in [1.807, 2.05) is 13.2 Å². The Balaban J connectivity index is 2.85. The van der Waals surface area contributed by atoms with E-state index in [2.05, 4.69) is 5.32 Å². The number of hydrogen-bond donors (Lipinski definition) is 2. The Morgan fingerprint density at radius 2 is 2.00 bits per heavy atom. The lowest BCUT2D eigenvalue weighted by Crippen LogP contribution is -2.46. The molecule has 7 heteroatoms. The number of nitrogens with one attached hydrogen (secondary N) is 1. The van der Waals surface area contributed by atoms with Gasteiger partial charge >= 0.3 is 12.0 Å². The molecule has 0 saturated heterocycles. The zero-order valence-corrected chi connectivity index (χ0v) is 12.9. The third kappa shape index (κ3) is 5.30. The molecule has 0 radical (unpaired) electrons. The van der Waals surface area contributed by atoms with E-state index in [4.69, 9.17) is 16.7 Å². The summed E-state index contributed by atoms with van der Waals surface area (Å²) in [5.74, 6) is -0.319. The second-order valence-corrected chi connectivity index (χ2v) is 5.61. The number of carboxylic acid groups (broad SMARTS) is 1. The van der Waals surface area contributed by atoms with Gasteiger partial charge in [0.15, 0.2) is 0 Å². The molecule has 1 unspecified atom stereocenters. The normalized spacial score (nSPS) is 11.8. The predicted molar refractivity (Wildman–Crippen MR) is 82.8 cm³/mol. The molecule has 2 amide bonds. The monoisotopic (exact) mass is 316 g/mol. The second kappa shape index (κ2) is 8.01. The smallest absolute Gasteiger partial charge is 0.323 e. The molecule has 20 heavy (non-hydrogen) atoms. The molecule has 1 aromatic rings. The molecule has 1 atom stereocenters. The summed E-state index contributed by atoms with van der Waals surface area (Å²) in [4.78, 5) is 24.2. The van der Waals surface area contributed by atoms with Gasteiger partial charge in [-0.15, -0.1) is 0 Å². The Morgan fingerprint density at radius 1 is 1.40 bits per heavy atom. The Labute approximate surface area is 127 Å². The van der Waals surface area contributed by atoms with Gasteiger partial charge in [-0.05, 0) is 37.4 Å². The third-order valence-corrected chi connectivity index (χ3v) is 3.55. The molecule has 0 spiro atoms. The zero-order valence-electron chi connectivity index (χ0n) is 11.3. The summed E-state index contributed by atoms with van der Waals surface area (Å²) in [6, 6.07) is 5.99. The Kier molecular flexibility index (Phi) is 6.67. The summed E-state index contributed by atoms with van der Waals surface area (Å²) in [5, 5.41) is 12.2. The third-order valence-electron chi connectivity index (χ3n) is 2.46. The summed E-state index contributed by atoms with van der Waals surface area (Å²) in [6.45, 7) is 1.47. The van der Waals surface area contributed by atoms with Crippen LogP contribution in [0.3, 0.4) is 0 Å². The van der Waals surface area contributed by atoms with Crippen LogP contribution in [-0.2, 0) is 4.79 Å². The van der Waals surface area contributed by atoms with Crippen molar-refractivity contribution in [2.45, 2.75) is 13.0 Å². The van der Waals surface area contributed by atoms with E-state index in [-0.39, 0.29) is 6.04 Å². The van der Waals surface area contributed by atoms with E-state index in [0.29, 0.717) is 10.7 Å². The number of benzene rings is 1. The predicted octanol–water partition coefficient (Wildman–Crippen LogP) is 2.69. The second-order valence-electron chi connectivity index (χ2n) is 4.26. The largest absolute Gasteiger partial charge is 0.480 e. The number of rotatable bonds is 6. The molecule has 0 aliphatic carbocycles. The minimum atomic E-state index is -1.08. The van der Waals surface area contributed by atoms with Crippen LogP contribution >= 0.6 is 23.4 Å². The average Bonchev–Trinajstić information content (AvgIpc) is 2.37. The first-order valence-electron chi connectivity index (χ1n) is 5.98. The molecule has 0 aromatic heterocycles. The number of amides is 2. The molecule has 1 rings (SSSR count). The van der Waals surface area contributed by atoms with Gasteiger partial charge in [0.25, 0.3) is 0 Å². The fourth-order valence-corrected chi connectivity index (χ4v) is 2.33. The maximum atomic E-state index is 12.2. The zero-order chi connectivity index (χ0) is 15.1. The van der Waals surface area contributed by atoms with Crippen molar-refractivity contribution in [2.24, 2.45) is 0 Å². The summed E-state index contributed by atoms with van der Waals surface area (Å²) < 4.78 is 0. The number of carbonyl (C=O) groups is 2. The van der Waals surface area contributed by atoms with E-state index in [1.54, 1.807) is 36.0 Å². The molecule has 110 valence electrons. The highest BCUT2D eigenvalue weighted by Crippen LogP contribution is 2.18. The Hall–Kier alpha value is -1.40. The number of nitrogens with zero attached hydrogens (tertiary/aromatic N) is 1. The fourth-order valence-electron chi connectivity index (χ4n) is 1.62. The van der Waals surface area contributed by atoms with Crippen LogP contribution in [0.15, 0.2) is 24.3 Å². The molecular weight excluding hydrogens is 300 g/mol. The van der Waals surface area contributed by atoms with Crippen LogP contribution in [0.1, 0.15) is 6.92 Å². The standard InChI is InChI=1S/C13H17ClN2O3S/c1-9(8-20-2)15-13(19)16(7-12(17)18)11-5-3-10(14)4-6-11/h3-6,9H,7-8H2,1-2H3,(H,15,19)(H,17,18). The summed E-state index contributed by atoms with van der Waals surface area (Å²) >= 11 is 7.40. The number of carbonyl (C=O) groups excluding carboxylic acids is 1. The van der Waals surface area contributed by atoms with Crippen molar-refractivity contribution in [1.82, 2.24) is 5.32 Å². The van der Waals surface area contributed by atoms with Gasteiger partial charge in [-0.1, -0.05) is 11.6 Å². The van der Waals surface area contributed by atoms with Crippen molar-refractivity contribution in [3.05, 3.63) is 29.3 Å². The molecule has 0 aliphatic rings. The van der Waals surface area contributed by atoms with Crippen LogP contribution < -0.4 is 10.2 Å². The van der Waals surface area contributed by atoms with E-state index in [1.165, 1.54) is 4.90 Å². The van der Waals surface area contributed by atoms with Gasteiger partial charge in [-0.3, -0.25) is 9.69 Å². The van der Waals surface area contributed by atoms with Crippen LogP contribution in [0.5, 0.6) is 0 Å². The summed E-state index contributed by atoms with van der Waals surface area (Å²) in [5.41, 5.74) is 0.491. The number of urea groups is 1. The molecule has 5 nitrogen and oxygen atoms in total. The number of thioether (sulfide) groups is 1. The minimum absolute atomic E-state index is 0.0407. The van der Waals surface area contributed by atoms with Crippen molar-refractivity contribution in [2.75, 3.05) is 23.5 Å². The highest BCUT2D eigenvalue weighted by Gasteiger charge is 2.20. The lowest BCUT2D eigenvalue weighted by Gasteiger charge is -2.23. The summed E-state index contributed by atoms with van der Waals surface area (Å²) in [6.07, 6.45) is 1.94. The van der Waals surface area contributed by atoms with Gasteiger partial charge in [0.1, 0.15) is 6.54 Å². The number of aliphatic carboxylic acids is 1. The highest BCUT2D eigenvalue weighted by atomic mass is 35.5. The van der Waals surface area contributed by atoms with Gasteiger partial charge < -0.3 is 10.4 Å². The summed E-state index contributed by atoms with van der Waals surface area (Å²) in [7, 11) is 0. The maximum Gasteiger partial charge on any atom is 0.323 e. The first-order valence-corrected chi connectivity index (χ1v) is 7.75. The number of halogens is 1. The van der Waals surface area contributed by atoms with Crippen molar-refractivity contribution < 1.29 is 14.7 Å². The molecule has 0 aliphatic heterocycles. The lowest BCUT2D eigenvalue weighted by atomic mass is 10.3. The molecule has 0 saturated carbocycles. The minimum Gasteiger partial charge on any atom is -0.480 e. The van der Waals surface area contributed by atoms with E-state index in [9.17, 15) is 9.59 Å². The average molecular weight is 317 g/mol. The van der Waals surface area contributed by atoms with Gasteiger partial charge in [0.2, 0.25) is 0 Å². The van der Waals surface area contributed by atoms with Gasteiger partial charge in [-0.25, -0.2) is 4.79 Å². The van der Waals surface area contributed by atoms with Crippen molar-refractivity contribution in [1.29, 1.82) is 0 Å². The number of hydrogen-bond acceptors (Lipinski definition) is 3. The topological polar surface area (TPSA) is 69.6 Å². The van der Waals surface area contributed by atoms with Crippen molar-refractivity contribution in [3.63, 3.8) is 0 Å². The first kappa shape index (κ1) is 16.7. The van der Waals surface area contributed by atoms with E-state index < -0.39 is 18.5 Å².